The quantitative estimate of drug-likeness (QED) is 0.370. The maximum Gasteiger partial charge on any atom is 0.253 e. The van der Waals surface area contributed by atoms with Gasteiger partial charge in [-0.3, -0.25) is 4.79 Å². The summed E-state index contributed by atoms with van der Waals surface area (Å²) in [6.45, 7) is 2.06. The summed E-state index contributed by atoms with van der Waals surface area (Å²) in [7, 11) is 0. The monoisotopic (exact) mass is 414 g/mol. The van der Waals surface area contributed by atoms with Crippen molar-refractivity contribution in [3.8, 4) is 22.5 Å². The molecule has 4 heterocycles. The number of carbonyl (C=O) groups excluding carboxylic acids is 1. The minimum absolute atomic E-state index is 0.236. The predicted molar refractivity (Wildman–Crippen MR) is 116 cm³/mol. The predicted octanol–water partition coefficient (Wildman–Crippen LogP) is 5.20. The van der Waals surface area contributed by atoms with Gasteiger partial charge in [0.15, 0.2) is 0 Å². The zero-order valence-electron chi connectivity index (χ0n) is 16.7. The molecular formula is C24H19FN4O2. The molecule has 0 atom stereocenters. The molecule has 1 amide bonds. The van der Waals surface area contributed by atoms with Crippen LogP contribution < -0.4 is 5.32 Å². The Bertz CT molecular complexity index is 1380. The second-order valence-electron chi connectivity index (χ2n) is 7.32. The summed E-state index contributed by atoms with van der Waals surface area (Å²) in [4.78, 5) is 23.7. The van der Waals surface area contributed by atoms with Crippen LogP contribution in [0.15, 0.2) is 71.6 Å². The molecule has 0 aliphatic heterocycles. The summed E-state index contributed by atoms with van der Waals surface area (Å²) in [6, 6.07) is 14.0. The van der Waals surface area contributed by atoms with Crippen molar-refractivity contribution >= 4 is 16.9 Å². The molecular weight excluding hydrogens is 395 g/mol. The minimum Gasteiger partial charge on any atom is -0.467 e. The molecule has 0 fully saturated rings. The highest BCUT2D eigenvalue weighted by Gasteiger charge is 2.21. The van der Waals surface area contributed by atoms with E-state index >= 15 is 0 Å². The Labute approximate surface area is 177 Å². The number of carbonyl (C=O) groups is 1. The zero-order chi connectivity index (χ0) is 21.4. The van der Waals surface area contributed by atoms with Gasteiger partial charge in [-0.15, -0.1) is 0 Å². The molecule has 4 aromatic heterocycles. The van der Waals surface area contributed by atoms with E-state index in [1.54, 1.807) is 36.7 Å². The lowest BCUT2D eigenvalue weighted by Gasteiger charge is -2.07. The summed E-state index contributed by atoms with van der Waals surface area (Å²) in [5.41, 5.74) is 4.21. The maximum absolute atomic E-state index is 14.8. The first kappa shape index (κ1) is 18.9. The van der Waals surface area contributed by atoms with Gasteiger partial charge in [0.2, 0.25) is 0 Å². The number of pyridine rings is 1. The van der Waals surface area contributed by atoms with E-state index in [0.717, 1.165) is 22.2 Å². The van der Waals surface area contributed by atoms with Crippen LogP contribution in [0.4, 0.5) is 4.39 Å². The Morgan fingerprint density at radius 2 is 2.06 bits per heavy atom. The summed E-state index contributed by atoms with van der Waals surface area (Å²) >= 11 is 0. The molecule has 7 heteroatoms. The van der Waals surface area contributed by atoms with Crippen LogP contribution in [-0.4, -0.2) is 20.9 Å². The number of hydrogen-bond acceptors (Lipinski definition) is 3. The molecule has 0 spiro atoms. The molecule has 6 nitrogen and oxygen atoms in total. The number of rotatable bonds is 5. The number of aryl methyl sites for hydroxylation is 1. The van der Waals surface area contributed by atoms with E-state index in [2.05, 4.69) is 20.3 Å². The number of nitrogens with zero attached hydrogens (tertiary/aromatic N) is 1. The molecule has 5 aromatic rings. The normalized spacial score (nSPS) is 11.2. The lowest BCUT2D eigenvalue weighted by atomic mass is 10.0. The van der Waals surface area contributed by atoms with Crippen LogP contribution in [0.3, 0.4) is 0 Å². The number of aromatic nitrogens is 3. The van der Waals surface area contributed by atoms with Gasteiger partial charge >= 0.3 is 0 Å². The van der Waals surface area contributed by atoms with Crippen molar-refractivity contribution in [2.75, 3.05) is 0 Å². The lowest BCUT2D eigenvalue weighted by Crippen LogP contribution is -2.22. The fraction of sp³-hybridized carbons (Fsp3) is 0.0833. The van der Waals surface area contributed by atoms with E-state index in [0.29, 0.717) is 28.3 Å². The third-order valence-electron chi connectivity index (χ3n) is 5.21. The van der Waals surface area contributed by atoms with Crippen molar-refractivity contribution in [2.45, 2.75) is 13.5 Å². The molecule has 3 N–H and O–H groups in total. The fourth-order valence-electron chi connectivity index (χ4n) is 3.69. The van der Waals surface area contributed by atoms with Crippen molar-refractivity contribution in [1.82, 2.24) is 20.3 Å². The van der Waals surface area contributed by atoms with Gasteiger partial charge in [-0.2, -0.15) is 0 Å². The first-order valence-corrected chi connectivity index (χ1v) is 9.83. The van der Waals surface area contributed by atoms with Crippen molar-refractivity contribution in [2.24, 2.45) is 0 Å². The van der Waals surface area contributed by atoms with Gasteiger partial charge in [-0.1, -0.05) is 6.07 Å². The number of halogens is 1. The molecule has 0 aliphatic carbocycles. The number of nitrogens with one attached hydrogen (secondary N) is 3. The number of H-pyrrole nitrogens is 2. The van der Waals surface area contributed by atoms with Gasteiger partial charge in [0.1, 0.15) is 17.2 Å². The highest BCUT2D eigenvalue weighted by Crippen LogP contribution is 2.33. The van der Waals surface area contributed by atoms with E-state index in [4.69, 9.17) is 4.42 Å². The summed E-state index contributed by atoms with van der Waals surface area (Å²) < 4.78 is 20.1. The van der Waals surface area contributed by atoms with E-state index in [1.165, 1.54) is 6.07 Å². The highest BCUT2D eigenvalue weighted by molar-refractivity contribution is 6.03. The van der Waals surface area contributed by atoms with Crippen LogP contribution in [0.1, 0.15) is 21.7 Å². The SMILES string of the molecule is Cc1ccc(-c2[nH]c(-c3ccnc4[nH]ccc34)cc2C(=O)NCc2ccco2)c(F)c1. The minimum atomic E-state index is -0.394. The van der Waals surface area contributed by atoms with Crippen LogP contribution >= 0.6 is 0 Å². The van der Waals surface area contributed by atoms with Crippen molar-refractivity contribution in [3.05, 3.63) is 89.9 Å². The Morgan fingerprint density at radius 3 is 2.87 bits per heavy atom. The molecule has 0 radical (unpaired) electrons. The van der Waals surface area contributed by atoms with Crippen LogP contribution in [0.5, 0.6) is 0 Å². The standard InChI is InChI=1S/C24H19FN4O2/c1-14-4-5-18(20(25)11-14)22-19(24(30)28-13-15-3-2-10-31-15)12-21(29-22)16-6-8-26-23-17(16)7-9-27-23/h2-12,29H,13H2,1H3,(H,26,27)(H,28,30). The van der Waals surface area contributed by atoms with Gasteiger partial charge in [0.25, 0.3) is 5.91 Å². The molecule has 0 aliphatic rings. The Morgan fingerprint density at radius 1 is 1.16 bits per heavy atom. The van der Waals surface area contributed by atoms with Gasteiger partial charge in [0, 0.05) is 34.6 Å². The Hall–Kier alpha value is -4.13. The molecule has 0 saturated heterocycles. The summed E-state index contributed by atoms with van der Waals surface area (Å²) in [6.07, 6.45) is 5.05. The number of fused-ring (bicyclic) bond motifs is 1. The van der Waals surface area contributed by atoms with Gasteiger partial charge in [-0.05, 0) is 55.0 Å². The molecule has 0 unspecified atom stereocenters. The van der Waals surface area contributed by atoms with E-state index < -0.39 is 5.82 Å². The largest absolute Gasteiger partial charge is 0.467 e. The van der Waals surface area contributed by atoms with Gasteiger partial charge in [-0.25, -0.2) is 9.37 Å². The molecule has 154 valence electrons. The molecule has 5 rings (SSSR count). The number of hydrogen-bond donors (Lipinski definition) is 3. The van der Waals surface area contributed by atoms with Gasteiger partial charge in [0.05, 0.1) is 24.1 Å². The Kier molecular flexibility index (Phi) is 4.63. The number of amides is 1. The zero-order valence-corrected chi connectivity index (χ0v) is 16.7. The first-order valence-electron chi connectivity index (χ1n) is 9.83. The third kappa shape index (κ3) is 3.50. The molecule has 1 aromatic carbocycles. The number of benzene rings is 1. The smallest absolute Gasteiger partial charge is 0.253 e. The second kappa shape index (κ2) is 7.60. The molecule has 0 saturated carbocycles. The van der Waals surface area contributed by atoms with Crippen LogP contribution in [-0.2, 0) is 6.54 Å². The average Bonchev–Trinajstić information content (AvgIpc) is 3.52. The van der Waals surface area contributed by atoms with E-state index in [-0.39, 0.29) is 12.5 Å². The highest BCUT2D eigenvalue weighted by atomic mass is 19.1. The summed E-state index contributed by atoms with van der Waals surface area (Å²) in [5.74, 6) is -0.0846. The van der Waals surface area contributed by atoms with Crippen molar-refractivity contribution < 1.29 is 13.6 Å². The van der Waals surface area contributed by atoms with Gasteiger partial charge < -0.3 is 19.7 Å². The third-order valence-corrected chi connectivity index (χ3v) is 5.21. The summed E-state index contributed by atoms with van der Waals surface area (Å²) in [5, 5.41) is 3.75. The van der Waals surface area contributed by atoms with Crippen LogP contribution in [0, 0.1) is 12.7 Å². The lowest BCUT2D eigenvalue weighted by molar-refractivity contribution is 0.0949. The number of furan rings is 1. The van der Waals surface area contributed by atoms with Crippen molar-refractivity contribution in [3.63, 3.8) is 0 Å². The van der Waals surface area contributed by atoms with Crippen molar-refractivity contribution in [1.29, 1.82) is 0 Å². The van der Waals surface area contributed by atoms with Crippen LogP contribution in [0.2, 0.25) is 0 Å². The molecule has 0 bridgehead atoms. The maximum atomic E-state index is 14.8. The topological polar surface area (TPSA) is 86.7 Å². The fourth-order valence-corrected chi connectivity index (χ4v) is 3.69. The Balaban J connectivity index is 1.61. The van der Waals surface area contributed by atoms with E-state index in [9.17, 15) is 9.18 Å². The average molecular weight is 414 g/mol. The van der Waals surface area contributed by atoms with E-state index in [1.807, 2.05) is 31.3 Å². The van der Waals surface area contributed by atoms with Crippen LogP contribution in [0.25, 0.3) is 33.5 Å². The first-order chi connectivity index (χ1) is 15.1. The molecule has 31 heavy (non-hydrogen) atoms. The number of aromatic amines is 2. The second-order valence-corrected chi connectivity index (χ2v) is 7.32.